The number of carbonyl (C=O) groups excluding carboxylic acids is 1. The second kappa shape index (κ2) is 4.96. The van der Waals surface area contributed by atoms with Gasteiger partial charge in [0.15, 0.2) is 5.78 Å². The summed E-state index contributed by atoms with van der Waals surface area (Å²) < 4.78 is 19.3. The third-order valence-electron chi connectivity index (χ3n) is 3.36. The van der Waals surface area contributed by atoms with Crippen LogP contribution in [-0.2, 0) is 4.74 Å². The minimum absolute atomic E-state index is 0.155. The highest BCUT2D eigenvalue weighted by molar-refractivity contribution is 6.02. The molecule has 92 valence electrons. The fourth-order valence-corrected chi connectivity index (χ4v) is 2.55. The van der Waals surface area contributed by atoms with E-state index in [9.17, 15) is 9.18 Å². The second-order valence-corrected chi connectivity index (χ2v) is 4.44. The number of Topliss-reactive ketones (excluding diaryl/α,β-unsaturated/α-hetero) is 1. The predicted molar refractivity (Wildman–Crippen MR) is 63.6 cm³/mol. The number of benzene rings is 1. The van der Waals surface area contributed by atoms with Gasteiger partial charge in [-0.3, -0.25) is 4.79 Å². The third kappa shape index (κ3) is 2.25. The molecule has 1 saturated carbocycles. The summed E-state index contributed by atoms with van der Waals surface area (Å²) in [7, 11) is 0. The molecule has 1 aromatic rings. The van der Waals surface area contributed by atoms with E-state index in [0.717, 1.165) is 12.8 Å². The van der Waals surface area contributed by atoms with E-state index in [1.54, 1.807) is 12.1 Å². The first-order chi connectivity index (χ1) is 8.19. The third-order valence-corrected chi connectivity index (χ3v) is 3.36. The number of ether oxygens (including phenoxy) is 1. The quantitative estimate of drug-likeness (QED) is 0.749. The van der Waals surface area contributed by atoms with Crippen LogP contribution in [0.4, 0.5) is 4.39 Å². The Bertz CT molecular complexity index is 408. The molecule has 0 spiro atoms. The molecule has 0 bridgehead atoms. The van der Waals surface area contributed by atoms with E-state index in [1.807, 2.05) is 6.92 Å². The van der Waals surface area contributed by atoms with Gasteiger partial charge in [-0.2, -0.15) is 0 Å². The molecular weight excluding hydrogens is 219 g/mol. The summed E-state index contributed by atoms with van der Waals surface area (Å²) in [5, 5.41) is 0. The van der Waals surface area contributed by atoms with Crippen molar-refractivity contribution in [2.45, 2.75) is 38.2 Å². The second-order valence-electron chi connectivity index (χ2n) is 4.44. The SMILES string of the molecule is CCOC1(C(=O)c2ccccc2F)CCCC1. The van der Waals surface area contributed by atoms with Crippen LogP contribution >= 0.6 is 0 Å². The molecule has 0 amide bonds. The molecule has 0 radical (unpaired) electrons. The summed E-state index contributed by atoms with van der Waals surface area (Å²) >= 11 is 0. The van der Waals surface area contributed by atoms with Gasteiger partial charge in [-0.1, -0.05) is 12.1 Å². The van der Waals surface area contributed by atoms with Gasteiger partial charge in [0.25, 0.3) is 0 Å². The Balaban J connectivity index is 2.32. The Hall–Kier alpha value is -1.22. The van der Waals surface area contributed by atoms with Crippen LogP contribution in [0.2, 0.25) is 0 Å². The Labute approximate surface area is 101 Å². The van der Waals surface area contributed by atoms with Crippen molar-refractivity contribution in [3.05, 3.63) is 35.6 Å². The molecule has 0 aromatic heterocycles. The molecule has 1 aliphatic carbocycles. The smallest absolute Gasteiger partial charge is 0.197 e. The van der Waals surface area contributed by atoms with Gasteiger partial charge in [0.1, 0.15) is 11.4 Å². The van der Waals surface area contributed by atoms with Gasteiger partial charge >= 0.3 is 0 Å². The molecule has 0 heterocycles. The molecule has 0 unspecified atom stereocenters. The van der Waals surface area contributed by atoms with E-state index in [4.69, 9.17) is 4.74 Å². The van der Waals surface area contributed by atoms with Crippen LogP contribution in [0.15, 0.2) is 24.3 Å². The molecule has 3 heteroatoms. The van der Waals surface area contributed by atoms with Crippen molar-refractivity contribution >= 4 is 5.78 Å². The highest BCUT2D eigenvalue weighted by Gasteiger charge is 2.42. The van der Waals surface area contributed by atoms with Crippen molar-refractivity contribution in [3.8, 4) is 0 Å². The fraction of sp³-hybridized carbons (Fsp3) is 0.500. The minimum Gasteiger partial charge on any atom is -0.367 e. The van der Waals surface area contributed by atoms with Crippen LogP contribution in [0.3, 0.4) is 0 Å². The van der Waals surface area contributed by atoms with Crippen molar-refractivity contribution < 1.29 is 13.9 Å². The molecule has 1 fully saturated rings. The van der Waals surface area contributed by atoms with Gasteiger partial charge in [0.2, 0.25) is 0 Å². The number of carbonyl (C=O) groups is 1. The summed E-state index contributed by atoms with van der Waals surface area (Å²) in [6, 6.07) is 6.14. The lowest BCUT2D eigenvalue weighted by atomic mass is 9.90. The normalized spacial score (nSPS) is 18.2. The highest BCUT2D eigenvalue weighted by atomic mass is 19.1. The first-order valence-electron chi connectivity index (χ1n) is 6.13. The summed E-state index contributed by atoms with van der Waals surface area (Å²) in [6.45, 7) is 2.36. The average Bonchev–Trinajstić information content (AvgIpc) is 2.79. The summed E-state index contributed by atoms with van der Waals surface area (Å²) in [5.41, 5.74) is -0.625. The van der Waals surface area contributed by atoms with Gasteiger partial charge in [0.05, 0.1) is 5.56 Å². The Morgan fingerprint density at radius 2 is 2.00 bits per heavy atom. The number of rotatable bonds is 4. The molecule has 1 aliphatic rings. The fourth-order valence-electron chi connectivity index (χ4n) is 2.55. The predicted octanol–water partition coefficient (Wildman–Crippen LogP) is 3.36. The van der Waals surface area contributed by atoms with E-state index >= 15 is 0 Å². The van der Waals surface area contributed by atoms with E-state index < -0.39 is 11.4 Å². The van der Waals surface area contributed by atoms with Gasteiger partial charge < -0.3 is 4.74 Å². The van der Waals surface area contributed by atoms with E-state index in [1.165, 1.54) is 12.1 Å². The Kier molecular flexibility index (Phi) is 3.57. The van der Waals surface area contributed by atoms with Crippen LogP contribution in [0.5, 0.6) is 0 Å². The summed E-state index contributed by atoms with van der Waals surface area (Å²) in [6.07, 6.45) is 3.35. The van der Waals surface area contributed by atoms with Crippen LogP contribution in [0.25, 0.3) is 0 Å². The highest BCUT2D eigenvalue weighted by Crippen LogP contribution is 2.36. The van der Waals surface area contributed by atoms with Gasteiger partial charge in [0, 0.05) is 6.61 Å². The average molecular weight is 236 g/mol. The maximum absolute atomic E-state index is 13.6. The number of hydrogen-bond donors (Lipinski definition) is 0. The lowest BCUT2D eigenvalue weighted by Crippen LogP contribution is -2.39. The maximum Gasteiger partial charge on any atom is 0.197 e. The first-order valence-corrected chi connectivity index (χ1v) is 6.13. The molecule has 0 atom stereocenters. The van der Waals surface area contributed by atoms with E-state index in [0.29, 0.717) is 19.4 Å². The molecule has 0 N–H and O–H groups in total. The zero-order chi connectivity index (χ0) is 12.3. The van der Waals surface area contributed by atoms with Crippen molar-refractivity contribution in [2.24, 2.45) is 0 Å². The Morgan fingerprint density at radius 1 is 1.35 bits per heavy atom. The number of ketones is 1. The summed E-state index contributed by atoms with van der Waals surface area (Å²) in [5.74, 6) is -0.654. The molecule has 2 rings (SSSR count). The maximum atomic E-state index is 13.6. The van der Waals surface area contributed by atoms with Crippen molar-refractivity contribution in [1.82, 2.24) is 0 Å². The lowest BCUT2D eigenvalue weighted by Gasteiger charge is -2.27. The number of halogens is 1. The zero-order valence-electron chi connectivity index (χ0n) is 10.0. The Morgan fingerprint density at radius 3 is 2.59 bits per heavy atom. The minimum atomic E-state index is -0.781. The van der Waals surface area contributed by atoms with Crippen LogP contribution in [0.1, 0.15) is 43.0 Å². The molecular formula is C14H17FO2. The van der Waals surface area contributed by atoms with Gasteiger partial charge in [-0.25, -0.2) is 4.39 Å². The van der Waals surface area contributed by atoms with Gasteiger partial charge in [-0.05, 0) is 44.7 Å². The van der Waals surface area contributed by atoms with Crippen LogP contribution < -0.4 is 0 Å². The van der Waals surface area contributed by atoms with Gasteiger partial charge in [-0.15, -0.1) is 0 Å². The molecule has 1 aromatic carbocycles. The molecule has 0 aliphatic heterocycles. The van der Waals surface area contributed by atoms with Crippen molar-refractivity contribution in [3.63, 3.8) is 0 Å². The monoisotopic (exact) mass is 236 g/mol. The van der Waals surface area contributed by atoms with Crippen molar-refractivity contribution in [2.75, 3.05) is 6.61 Å². The molecule has 2 nitrogen and oxygen atoms in total. The topological polar surface area (TPSA) is 26.3 Å². The van der Waals surface area contributed by atoms with Crippen LogP contribution in [0, 0.1) is 5.82 Å². The van der Waals surface area contributed by atoms with E-state index in [-0.39, 0.29) is 11.3 Å². The van der Waals surface area contributed by atoms with E-state index in [2.05, 4.69) is 0 Å². The first kappa shape index (κ1) is 12.2. The molecule has 0 saturated heterocycles. The molecule has 17 heavy (non-hydrogen) atoms. The summed E-state index contributed by atoms with van der Waals surface area (Å²) in [4.78, 5) is 12.4. The zero-order valence-corrected chi connectivity index (χ0v) is 10.0. The van der Waals surface area contributed by atoms with Crippen molar-refractivity contribution in [1.29, 1.82) is 0 Å². The largest absolute Gasteiger partial charge is 0.367 e. The standard InChI is InChI=1S/C14H17FO2/c1-2-17-14(9-5-6-10-14)13(16)11-7-3-4-8-12(11)15/h3-4,7-8H,2,5-6,9-10H2,1H3. The lowest BCUT2D eigenvalue weighted by molar-refractivity contribution is -0.0166. The number of hydrogen-bond acceptors (Lipinski definition) is 2. The van der Waals surface area contributed by atoms with Crippen LogP contribution in [-0.4, -0.2) is 18.0 Å².